The molecular weight excluding hydrogens is 290 g/mol. The van der Waals surface area contributed by atoms with Gasteiger partial charge in [-0.25, -0.2) is 4.79 Å². The topological polar surface area (TPSA) is 68.1 Å². The maximum Gasteiger partial charge on any atom is 0.344 e. The predicted octanol–water partition coefficient (Wildman–Crippen LogP) is 2.98. The lowest BCUT2D eigenvalue weighted by Crippen LogP contribution is -2.45. The average molecular weight is 311 g/mol. The summed E-state index contributed by atoms with van der Waals surface area (Å²) in [6.07, 6.45) is 4.21. The Kier molecular flexibility index (Phi) is 5.33. The molecule has 2 aliphatic heterocycles. The number of esters is 1. The van der Waals surface area contributed by atoms with Crippen molar-refractivity contribution < 1.29 is 19.5 Å². The highest BCUT2D eigenvalue weighted by Crippen LogP contribution is 2.39. The van der Waals surface area contributed by atoms with Crippen molar-refractivity contribution in [3.8, 4) is 0 Å². The number of carbonyl (C=O) groups is 1. The van der Waals surface area contributed by atoms with Gasteiger partial charge in [0, 0.05) is 12.2 Å². The van der Waals surface area contributed by atoms with Crippen LogP contribution in [0.25, 0.3) is 0 Å². The molecule has 0 aliphatic carbocycles. The third-order valence-electron chi connectivity index (χ3n) is 3.57. The number of rotatable bonds is 5. The van der Waals surface area contributed by atoms with E-state index < -0.39 is 11.6 Å². The largest absolute Gasteiger partial charge is 0.511 e. The molecule has 0 amide bonds. The molecule has 1 unspecified atom stereocenters. The van der Waals surface area contributed by atoms with E-state index in [1.54, 1.807) is 17.8 Å². The molecule has 0 saturated carbocycles. The first-order chi connectivity index (χ1) is 10.1. The van der Waals surface area contributed by atoms with Gasteiger partial charge in [-0.2, -0.15) is 11.8 Å². The predicted molar refractivity (Wildman–Crippen MR) is 83.5 cm³/mol. The fourth-order valence-electron chi connectivity index (χ4n) is 2.58. The molecule has 21 heavy (non-hydrogen) atoms. The molecule has 0 bridgehead atoms. The summed E-state index contributed by atoms with van der Waals surface area (Å²) < 4.78 is 5.65. The number of aliphatic hydroxyl groups is 1. The summed E-state index contributed by atoms with van der Waals surface area (Å²) in [5.41, 5.74) is 0.0226. The van der Waals surface area contributed by atoms with Crippen molar-refractivity contribution >= 4 is 23.4 Å². The minimum atomic E-state index is -0.547. The Morgan fingerprint density at radius 3 is 3.05 bits per heavy atom. The first-order valence-electron chi connectivity index (χ1n) is 7.15. The number of carbonyl (C=O) groups excluding carboxylic acids is 1. The average Bonchev–Trinajstić information content (AvgIpc) is 2.45. The van der Waals surface area contributed by atoms with Crippen LogP contribution in [0, 0.1) is 0 Å². The van der Waals surface area contributed by atoms with E-state index in [-0.39, 0.29) is 17.9 Å². The van der Waals surface area contributed by atoms with E-state index in [9.17, 15) is 9.90 Å². The van der Waals surface area contributed by atoms with Gasteiger partial charge in [0.15, 0.2) is 0 Å². The van der Waals surface area contributed by atoms with Crippen LogP contribution in [-0.4, -0.2) is 40.5 Å². The number of aliphatic hydroxyl groups excluding tert-OH is 1. The van der Waals surface area contributed by atoms with Crippen molar-refractivity contribution in [3.05, 3.63) is 24.0 Å². The third-order valence-corrected chi connectivity index (χ3v) is 4.88. The molecule has 1 atom stereocenters. The van der Waals surface area contributed by atoms with Crippen LogP contribution in [-0.2, 0) is 14.4 Å². The molecule has 116 valence electrons. The van der Waals surface area contributed by atoms with Gasteiger partial charge >= 0.3 is 5.97 Å². The van der Waals surface area contributed by atoms with Gasteiger partial charge in [0.05, 0.1) is 5.71 Å². The molecule has 1 N–H and O–H groups in total. The SMILES string of the molecule is C=CCO/N=C(/CC)C1=C(O)CC2(CCCSC2)OC1=O. The minimum absolute atomic E-state index is 0.0663. The fourth-order valence-corrected chi connectivity index (χ4v) is 3.75. The molecule has 2 heterocycles. The highest BCUT2D eigenvalue weighted by molar-refractivity contribution is 7.99. The maximum absolute atomic E-state index is 12.3. The lowest BCUT2D eigenvalue weighted by atomic mass is 9.89. The smallest absolute Gasteiger partial charge is 0.344 e. The summed E-state index contributed by atoms with van der Waals surface area (Å²) in [4.78, 5) is 17.3. The Balaban J connectivity index is 2.22. The number of ether oxygens (including phenoxy) is 1. The van der Waals surface area contributed by atoms with Crippen molar-refractivity contribution in [1.82, 2.24) is 0 Å². The van der Waals surface area contributed by atoms with Crippen LogP contribution in [0.2, 0.25) is 0 Å². The monoisotopic (exact) mass is 311 g/mol. The Morgan fingerprint density at radius 1 is 1.67 bits per heavy atom. The second kappa shape index (κ2) is 7.02. The summed E-state index contributed by atoms with van der Waals surface area (Å²) in [5.74, 6) is 1.38. The van der Waals surface area contributed by atoms with Crippen LogP contribution in [0.3, 0.4) is 0 Å². The van der Waals surface area contributed by atoms with Crippen LogP contribution in [0.4, 0.5) is 0 Å². The van der Waals surface area contributed by atoms with Gasteiger partial charge in [-0.15, -0.1) is 0 Å². The van der Waals surface area contributed by atoms with Crippen LogP contribution in [0.15, 0.2) is 29.1 Å². The first-order valence-corrected chi connectivity index (χ1v) is 8.30. The lowest BCUT2D eigenvalue weighted by molar-refractivity contribution is -0.156. The second-order valence-corrected chi connectivity index (χ2v) is 6.31. The molecule has 1 spiro atoms. The van der Waals surface area contributed by atoms with E-state index in [1.807, 2.05) is 6.92 Å². The molecule has 0 aromatic heterocycles. The zero-order valence-electron chi connectivity index (χ0n) is 12.3. The summed E-state index contributed by atoms with van der Waals surface area (Å²) in [6, 6.07) is 0. The van der Waals surface area contributed by atoms with Gasteiger partial charge < -0.3 is 14.7 Å². The summed E-state index contributed by atoms with van der Waals surface area (Å²) in [5, 5.41) is 14.2. The summed E-state index contributed by atoms with van der Waals surface area (Å²) >= 11 is 1.76. The summed E-state index contributed by atoms with van der Waals surface area (Å²) in [6.45, 7) is 5.64. The number of nitrogens with zero attached hydrogens (tertiary/aromatic N) is 1. The number of thioether (sulfide) groups is 1. The zero-order valence-corrected chi connectivity index (χ0v) is 13.1. The van der Waals surface area contributed by atoms with E-state index in [0.717, 1.165) is 24.3 Å². The van der Waals surface area contributed by atoms with Crippen molar-refractivity contribution in [2.75, 3.05) is 18.1 Å². The Labute approximate surface area is 129 Å². The van der Waals surface area contributed by atoms with Crippen molar-refractivity contribution in [1.29, 1.82) is 0 Å². The van der Waals surface area contributed by atoms with Gasteiger partial charge in [-0.3, -0.25) is 0 Å². The van der Waals surface area contributed by atoms with E-state index in [4.69, 9.17) is 9.57 Å². The van der Waals surface area contributed by atoms with Gasteiger partial charge in [0.1, 0.15) is 23.5 Å². The Bertz CT molecular complexity index is 478. The van der Waals surface area contributed by atoms with Gasteiger partial charge in [0.25, 0.3) is 0 Å². The van der Waals surface area contributed by atoms with E-state index >= 15 is 0 Å². The number of hydrogen-bond donors (Lipinski definition) is 1. The van der Waals surface area contributed by atoms with E-state index in [2.05, 4.69) is 11.7 Å². The second-order valence-electron chi connectivity index (χ2n) is 5.20. The minimum Gasteiger partial charge on any atom is -0.511 e. The molecule has 2 rings (SSSR count). The van der Waals surface area contributed by atoms with Gasteiger partial charge in [0.2, 0.25) is 0 Å². The lowest BCUT2D eigenvalue weighted by Gasteiger charge is -2.39. The highest BCUT2D eigenvalue weighted by Gasteiger charge is 2.44. The Morgan fingerprint density at radius 2 is 2.48 bits per heavy atom. The van der Waals surface area contributed by atoms with Crippen LogP contribution in [0.1, 0.15) is 32.6 Å². The van der Waals surface area contributed by atoms with Gasteiger partial charge in [-0.05, 0) is 25.0 Å². The highest BCUT2D eigenvalue weighted by atomic mass is 32.2. The number of hydrogen-bond acceptors (Lipinski definition) is 6. The van der Waals surface area contributed by atoms with Crippen LogP contribution in [0.5, 0.6) is 0 Å². The van der Waals surface area contributed by atoms with Gasteiger partial charge in [-0.1, -0.05) is 24.7 Å². The fraction of sp³-hybridized carbons (Fsp3) is 0.600. The third kappa shape index (κ3) is 3.61. The zero-order chi connectivity index (χ0) is 15.3. The van der Waals surface area contributed by atoms with E-state index in [0.29, 0.717) is 18.6 Å². The molecule has 1 saturated heterocycles. The van der Waals surface area contributed by atoms with Crippen molar-refractivity contribution in [3.63, 3.8) is 0 Å². The molecular formula is C15H21NO4S. The van der Waals surface area contributed by atoms with Crippen molar-refractivity contribution in [2.24, 2.45) is 5.16 Å². The molecule has 1 fully saturated rings. The van der Waals surface area contributed by atoms with Crippen molar-refractivity contribution in [2.45, 2.75) is 38.2 Å². The summed E-state index contributed by atoms with van der Waals surface area (Å²) in [7, 11) is 0. The van der Waals surface area contributed by atoms with Crippen LogP contribution < -0.4 is 0 Å². The van der Waals surface area contributed by atoms with E-state index in [1.165, 1.54) is 0 Å². The quantitative estimate of drug-likeness (QED) is 0.278. The molecule has 0 radical (unpaired) electrons. The molecule has 0 aromatic carbocycles. The normalized spacial score (nSPS) is 26.7. The first kappa shape index (κ1) is 15.9. The Hall–Kier alpha value is -1.43. The molecule has 0 aromatic rings. The number of oxime groups is 1. The van der Waals surface area contributed by atoms with Crippen LogP contribution >= 0.6 is 11.8 Å². The molecule has 5 nitrogen and oxygen atoms in total. The standard InChI is InChI=1S/C15H21NO4S/c1-3-7-19-16-11(4-2)13-12(17)9-15(20-14(13)18)6-5-8-21-10-15/h3,17H,1,4-10H2,2H3/b16-11-. The molecule has 2 aliphatic rings. The molecule has 6 heteroatoms. The maximum atomic E-state index is 12.3.